The molecule has 25 heavy (non-hydrogen) atoms. The quantitative estimate of drug-likeness (QED) is 0.856. The molecule has 2 atom stereocenters. The molecule has 2 aromatic carbocycles. The monoisotopic (exact) mass is 360 g/mol. The van der Waals surface area contributed by atoms with E-state index >= 15 is 0 Å². The average Bonchev–Trinajstić information content (AvgIpc) is 2.98. The van der Waals surface area contributed by atoms with Gasteiger partial charge in [-0.25, -0.2) is 8.42 Å². The smallest absolute Gasteiger partial charge is 0.261 e. The van der Waals surface area contributed by atoms with E-state index in [-0.39, 0.29) is 11.9 Å². The summed E-state index contributed by atoms with van der Waals surface area (Å²) in [6.45, 7) is 1.81. The molecule has 1 aliphatic heterocycles. The Labute approximate surface area is 147 Å². The van der Waals surface area contributed by atoms with Gasteiger partial charge in [0.15, 0.2) is 6.10 Å². The van der Waals surface area contributed by atoms with Crippen molar-refractivity contribution in [3.63, 3.8) is 0 Å². The Morgan fingerprint density at radius 2 is 1.84 bits per heavy atom. The van der Waals surface area contributed by atoms with Gasteiger partial charge >= 0.3 is 0 Å². The lowest BCUT2D eigenvalue weighted by atomic mass is 10.1. The molecule has 7 heteroatoms. The number of anilines is 1. The molecule has 0 spiro atoms. The summed E-state index contributed by atoms with van der Waals surface area (Å²) in [5.74, 6) is 0.507. The minimum absolute atomic E-state index is 0.224. The number of para-hydroxylation sites is 2. The first kappa shape index (κ1) is 17.3. The normalized spacial score (nSPS) is 17.3. The Morgan fingerprint density at radius 1 is 1.16 bits per heavy atom. The van der Waals surface area contributed by atoms with Gasteiger partial charge in [0.05, 0.1) is 18.0 Å². The highest BCUT2D eigenvalue weighted by Gasteiger charge is 2.30. The van der Waals surface area contributed by atoms with Gasteiger partial charge in [0.25, 0.3) is 5.91 Å². The van der Waals surface area contributed by atoms with Crippen molar-refractivity contribution in [2.45, 2.75) is 25.5 Å². The average molecular weight is 360 g/mol. The molecular formula is C18H20N2O4S. The van der Waals surface area contributed by atoms with Crippen LogP contribution in [-0.4, -0.2) is 26.7 Å². The highest BCUT2D eigenvalue weighted by atomic mass is 32.2. The Balaban J connectivity index is 1.71. The van der Waals surface area contributed by atoms with E-state index < -0.39 is 16.1 Å². The van der Waals surface area contributed by atoms with Crippen LogP contribution < -0.4 is 14.8 Å². The van der Waals surface area contributed by atoms with Gasteiger partial charge in [-0.3, -0.25) is 9.52 Å². The van der Waals surface area contributed by atoms with Crippen molar-refractivity contribution in [1.82, 2.24) is 5.32 Å². The van der Waals surface area contributed by atoms with E-state index in [0.29, 0.717) is 17.7 Å². The second-order valence-corrected chi connectivity index (χ2v) is 7.86. The van der Waals surface area contributed by atoms with Gasteiger partial charge in [0, 0.05) is 6.42 Å². The van der Waals surface area contributed by atoms with E-state index in [1.807, 2.05) is 31.2 Å². The summed E-state index contributed by atoms with van der Waals surface area (Å²) in [5, 5.41) is 2.90. The van der Waals surface area contributed by atoms with E-state index in [1.54, 1.807) is 24.3 Å². The van der Waals surface area contributed by atoms with Crippen LogP contribution in [0.4, 0.5) is 5.69 Å². The third kappa shape index (κ3) is 4.11. The van der Waals surface area contributed by atoms with Crippen molar-refractivity contribution in [3.8, 4) is 5.75 Å². The van der Waals surface area contributed by atoms with Crippen molar-refractivity contribution in [2.24, 2.45) is 0 Å². The zero-order valence-electron chi connectivity index (χ0n) is 14.0. The fourth-order valence-corrected chi connectivity index (χ4v) is 3.47. The van der Waals surface area contributed by atoms with Crippen LogP contribution in [-0.2, 0) is 21.2 Å². The third-order valence-electron chi connectivity index (χ3n) is 4.02. The molecule has 132 valence electrons. The van der Waals surface area contributed by atoms with E-state index in [2.05, 4.69) is 10.0 Å². The number of ether oxygens (including phenoxy) is 1. The summed E-state index contributed by atoms with van der Waals surface area (Å²) in [4.78, 5) is 12.5. The van der Waals surface area contributed by atoms with Gasteiger partial charge < -0.3 is 10.1 Å². The molecule has 0 saturated carbocycles. The number of fused-ring (bicyclic) bond motifs is 1. The van der Waals surface area contributed by atoms with Gasteiger partial charge in [-0.15, -0.1) is 0 Å². The van der Waals surface area contributed by atoms with E-state index in [1.165, 1.54) is 0 Å². The lowest BCUT2D eigenvalue weighted by Crippen LogP contribution is -2.39. The molecule has 6 nitrogen and oxygen atoms in total. The SMILES string of the molecule is CC(NC(=O)C1Cc2ccccc2O1)c1ccccc1NS(C)(=O)=O. The van der Waals surface area contributed by atoms with Crippen molar-refractivity contribution in [2.75, 3.05) is 11.0 Å². The van der Waals surface area contributed by atoms with Gasteiger partial charge in [0.2, 0.25) is 10.0 Å². The van der Waals surface area contributed by atoms with Crippen molar-refractivity contribution < 1.29 is 17.9 Å². The van der Waals surface area contributed by atoms with E-state index in [9.17, 15) is 13.2 Å². The summed E-state index contributed by atoms with van der Waals surface area (Å²) < 4.78 is 31.2. The summed E-state index contributed by atoms with van der Waals surface area (Å²) in [6, 6.07) is 14.2. The van der Waals surface area contributed by atoms with Gasteiger partial charge in [0.1, 0.15) is 5.75 Å². The molecule has 0 radical (unpaired) electrons. The van der Waals surface area contributed by atoms with E-state index in [0.717, 1.165) is 17.6 Å². The maximum atomic E-state index is 12.5. The number of carbonyl (C=O) groups excluding carboxylic acids is 1. The Hall–Kier alpha value is -2.54. The van der Waals surface area contributed by atoms with Crippen molar-refractivity contribution >= 4 is 21.6 Å². The topological polar surface area (TPSA) is 84.5 Å². The molecule has 1 heterocycles. The summed E-state index contributed by atoms with van der Waals surface area (Å²) >= 11 is 0. The predicted molar refractivity (Wildman–Crippen MR) is 96.0 cm³/mol. The molecule has 3 rings (SSSR count). The van der Waals surface area contributed by atoms with Crippen LogP contribution in [0.5, 0.6) is 5.75 Å². The number of hydrogen-bond acceptors (Lipinski definition) is 4. The van der Waals surface area contributed by atoms with Crippen LogP contribution in [0.2, 0.25) is 0 Å². The minimum atomic E-state index is -3.40. The molecule has 2 N–H and O–H groups in total. The highest BCUT2D eigenvalue weighted by Crippen LogP contribution is 2.29. The number of nitrogens with one attached hydrogen (secondary N) is 2. The van der Waals surface area contributed by atoms with Crippen LogP contribution in [0.25, 0.3) is 0 Å². The van der Waals surface area contributed by atoms with Crippen LogP contribution in [0, 0.1) is 0 Å². The predicted octanol–water partition coefficient (Wildman–Crippen LogP) is 2.24. The fraction of sp³-hybridized carbons (Fsp3) is 0.278. The largest absolute Gasteiger partial charge is 0.480 e. The third-order valence-corrected chi connectivity index (χ3v) is 4.61. The first-order valence-corrected chi connectivity index (χ1v) is 9.84. The Kier molecular flexibility index (Phi) is 4.67. The molecule has 0 aliphatic carbocycles. The molecule has 0 aromatic heterocycles. The van der Waals surface area contributed by atoms with Crippen molar-refractivity contribution in [3.05, 3.63) is 59.7 Å². The second kappa shape index (κ2) is 6.76. The number of benzene rings is 2. The van der Waals surface area contributed by atoms with Gasteiger partial charge in [-0.05, 0) is 30.2 Å². The summed E-state index contributed by atoms with van der Waals surface area (Å²) in [6.07, 6.45) is 1.05. The molecular weight excluding hydrogens is 340 g/mol. The Morgan fingerprint density at radius 3 is 2.56 bits per heavy atom. The molecule has 1 amide bonds. The Bertz CT molecular complexity index is 870. The maximum absolute atomic E-state index is 12.5. The minimum Gasteiger partial charge on any atom is -0.480 e. The molecule has 0 bridgehead atoms. The first-order chi connectivity index (χ1) is 11.8. The molecule has 0 fully saturated rings. The number of sulfonamides is 1. The van der Waals surface area contributed by atoms with Gasteiger partial charge in [-0.1, -0.05) is 36.4 Å². The summed E-state index contributed by atoms with van der Waals surface area (Å²) in [5.41, 5.74) is 2.15. The van der Waals surface area contributed by atoms with Crippen LogP contribution >= 0.6 is 0 Å². The van der Waals surface area contributed by atoms with E-state index in [4.69, 9.17) is 4.74 Å². The van der Waals surface area contributed by atoms with Gasteiger partial charge in [-0.2, -0.15) is 0 Å². The lowest BCUT2D eigenvalue weighted by molar-refractivity contribution is -0.127. The molecule has 2 unspecified atom stereocenters. The van der Waals surface area contributed by atoms with Crippen LogP contribution in [0.3, 0.4) is 0 Å². The fourth-order valence-electron chi connectivity index (χ4n) is 2.88. The molecule has 0 saturated heterocycles. The highest BCUT2D eigenvalue weighted by molar-refractivity contribution is 7.92. The first-order valence-electron chi connectivity index (χ1n) is 7.95. The molecule has 2 aromatic rings. The standard InChI is InChI=1S/C18H20N2O4S/c1-12(14-8-4-5-9-15(14)20-25(2,22)23)19-18(21)17-11-13-7-3-6-10-16(13)24-17/h3-10,12,17,20H,11H2,1-2H3,(H,19,21). The zero-order chi connectivity index (χ0) is 18.0. The lowest BCUT2D eigenvalue weighted by Gasteiger charge is -2.20. The summed E-state index contributed by atoms with van der Waals surface area (Å²) in [7, 11) is -3.40. The zero-order valence-corrected chi connectivity index (χ0v) is 14.8. The second-order valence-electron chi connectivity index (χ2n) is 6.11. The van der Waals surface area contributed by atoms with Crippen molar-refractivity contribution in [1.29, 1.82) is 0 Å². The number of hydrogen-bond donors (Lipinski definition) is 2. The van der Waals surface area contributed by atoms with Crippen LogP contribution in [0.1, 0.15) is 24.1 Å². The number of rotatable bonds is 5. The maximum Gasteiger partial charge on any atom is 0.261 e. The van der Waals surface area contributed by atoms with Crippen LogP contribution in [0.15, 0.2) is 48.5 Å². The molecule has 1 aliphatic rings. The number of amides is 1. The number of carbonyl (C=O) groups is 1.